The van der Waals surface area contributed by atoms with E-state index in [0.29, 0.717) is 24.4 Å². The molecule has 0 spiro atoms. The van der Waals surface area contributed by atoms with Crippen molar-refractivity contribution < 1.29 is 9.59 Å². The summed E-state index contributed by atoms with van der Waals surface area (Å²) in [5.41, 5.74) is 5.95. The van der Waals surface area contributed by atoms with Crippen LogP contribution in [0.25, 0.3) is 0 Å². The van der Waals surface area contributed by atoms with E-state index in [1.807, 2.05) is 18.7 Å². The van der Waals surface area contributed by atoms with Crippen molar-refractivity contribution in [2.75, 3.05) is 26.2 Å². The Labute approximate surface area is 144 Å². The highest BCUT2D eigenvalue weighted by Crippen LogP contribution is 2.38. The highest BCUT2D eigenvalue weighted by atomic mass is 16.2. The molecular weight excluding hydrogens is 306 g/mol. The third kappa shape index (κ3) is 3.83. The Kier molecular flexibility index (Phi) is 5.30. The van der Waals surface area contributed by atoms with Crippen molar-refractivity contribution in [2.45, 2.75) is 57.8 Å². The van der Waals surface area contributed by atoms with Gasteiger partial charge in [-0.15, -0.1) is 0 Å². The van der Waals surface area contributed by atoms with E-state index in [9.17, 15) is 9.59 Å². The molecule has 0 aromatic carbocycles. The molecule has 3 fully saturated rings. The van der Waals surface area contributed by atoms with Crippen molar-refractivity contribution >= 4 is 11.9 Å². The number of likely N-dealkylation sites (tertiary alicyclic amines) is 2. The second kappa shape index (κ2) is 7.27. The summed E-state index contributed by atoms with van der Waals surface area (Å²) in [5, 5.41) is 6.39. The molecule has 0 aromatic heterocycles. The number of amides is 3. The number of urea groups is 1. The zero-order valence-corrected chi connectivity index (χ0v) is 14.8. The predicted octanol–water partition coefficient (Wildman–Crippen LogP) is 0.312. The monoisotopic (exact) mass is 337 g/mol. The summed E-state index contributed by atoms with van der Waals surface area (Å²) < 4.78 is 0. The largest absolute Gasteiger partial charge is 0.336 e. The third-order valence-corrected chi connectivity index (χ3v) is 5.61. The minimum absolute atomic E-state index is 0.0575. The Balaban J connectivity index is 1.40. The Morgan fingerprint density at radius 1 is 1.21 bits per heavy atom. The van der Waals surface area contributed by atoms with Crippen molar-refractivity contribution in [1.29, 1.82) is 0 Å². The average Bonchev–Trinajstić information content (AvgIpc) is 3.17. The van der Waals surface area contributed by atoms with Crippen molar-refractivity contribution in [3.63, 3.8) is 0 Å². The summed E-state index contributed by atoms with van der Waals surface area (Å²) >= 11 is 0. The van der Waals surface area contributed by atoms with Crippen LogP contribution in [0.4, 0.5) is 4.79 Å². The zero-order valence-electron chi connectivity index (χ0n) is 14.8. The average molecular weight is 337 g/mol. The van der Waals surface area contributed by atoms with Gasteiger partial charge in [-0.3, -0.25) is 4.79 Å². The van der Waals surface area contributed by atoms with E-state index in [-0.39, 0.29) is 24.1 Å². The molecule has 4 atom stereocenters. The normalized spacial score (nSPS) is 32.5. The summed E-state index contributed by atoms with van der Waals surface area (Å²) in [6, 6.07) is 0.621. The molecule has 7 nitrogen and oxygen atoms in total. The van der Waals surface area contributed by atoms with E-state index in [4.69, 9.17) is 5.73 Å². The van der Waals surface area contributed by atoms with E-state index in [2.05, 4.69) is 10.6 Å². The first kappa shape index (κ1) is 17.5. The molecule has 0 radical (unpaired) electrons. The van der Waals surface area contributed by atoms with E-state index >= 15 is 0 Å². The molecule has 3 amide bonds. The fourth-order valence-electron chi connectivity index (χ4n) is 4.41. The first-order chi connectivity index (χ1) is 11.4. The third-order valence-electron chi connectivity index (χ3n) is 5.61. The van der Waals surface area contributed by atoms with Gasteiger partial charge in [0.05, 0.1) is 12.7 Å². The number of hydrogen-bond donors (Lipinski definition) is 3. The first-order valence-electron chi connectivity index (χ1n) is 9.28. The lowest BCUT2D eigenvalue weighted by atomic mass is 10.0. The van der Waals surface area contributed by atoms with Gasteiger partial charge in [0.25, 0.3) is 0 Å². The van der Waals surface area contributed by atoms with Crippen LogP contribution in [0.1, 0.15) is 39.5 Å². The molecule has 136 valence electrons. The fourth-order valence-corrected chi connectivity index (χ4v) is 4.41. The number of nitrogens with one attached hydrogen (secondary N) is 2. The second-order valence-corrected chi connectivity index (χ2v) is 7.88. The number of carbonyl (C=O) groups is 2. The molecule has 7 heteroatoms. The molecule has 1 aliphatic carbocycles. The maximum absolute atomic E-state index is 12.2. The van der Waals surface area contributed by atoms with Gasteiger partial charge < -0.3 is 26.2 Å². The summed E-state index contributed by atoms with van der Waals surface area (Å²) in [6.07, 6.45) is 3.92. The predicted molar refractivity (Wildman–Crippen MR) is 92.2 cm³/mol. The van der Waals surface area contributed by atoms with Gasteiger partial charge in [0.1, 0.15) is 0 Å². The summed E-state index contributed by atoms with van der Waals surface area (Å²) in [7, 11) is 0. The Bertz CT molecular complexity index is 470. The van der Waals surface area contributed by atoms with Crippen LogP contribution in [-0.4, -0.2) is 66.2 Å². The number of nitrogens with zero attached hydrogens (tertiary/aromatic N) is 2. The number of carbonyl (C=O) groups excluding carboxylic acids is 2. The quantitative estimate of drug-likeness (QED) is 0.689. The molecule has 4 N–H and O–H groups in total. The van der Waals surface area contributed by atoms with E-state index in [1.165, 1.54) is 0 Å². The van der Waals surface area contributed by atoms with Crippen molar-refractivity contribution in [3.05, 3.63) is 0 Å². The van der Waals surface area contributed by atoms with Gasteiger partial charge in [-0.25, -0.2) is 4.79 Å². The molecule has 1 saturated carbocycles. The maximum atomic E-state index is 12.2. The van der Waals surface area contributed by atoms with Crippen LogP contribution in [0.3, 0.4) is 0 Å². The molecule has 2 aliphatic heterocycles. The van der Waals surface area contributed by atoms with E-state index in [1.54, 1.807) is 4.90 Å². The maximum Gasteiger partial charge on any atom is 0.317 e. The zero-order chi connectivity index (χ0) is 17.3. The van der Waals surface area contributed by atoms with Gasteiger partial charge >= 0.3 is 6.03 Å². The first-order valence-corrected chi connectivity index (χ1v) is 9.28. The number of fused-ring (bicyclic) bond motifs is 1. The standard InChI is InChI=1S/C17H31N5O2/c1-11(2)20-17(24)21-9-12-6-14(7-13(12)10-21)19-8-16(23)22-5-3-4-15(22)18/h11-15,19H,3-10,18H2,1-2H3,(H,20,24)/t12-,13+,14?,15-/m0/s1. The van der Waals surface area contributed by atoms with Crippen molar-refractivity contribution in [3.8, 4) is 0 Å². The Morgan fingerprint density at radius 3 is 2.42 bits per heavy atom. The van der Waals surface area contributed by atoms with Crippen LogP contribution in [0.2, 0.25) is 0 Å². The smallest absolute Gasteiger partial charge is 0.317 e. The van der Waals surface area contributed by atoms with E-state index < -0.39 is 0 Å². The summed E-state index contributed by atoms with van der Waals surface area (Å²) in [4.78, 5) is 28.1. The minimum atomic E-state index is -0.102. The molecule has 2 heterocycles. The molecule has 1 unspecified atom stereocenters. The SMILES string of the molecule is CC(C)NC(=O)N1C[C@H]2CC(NCC(=O)N3CCC[C@H]3N)C[C@H]2C1. The summed E-state index contributed by atoms with van der Waals surface area (Å²) in [6.45, 7) is 6.82. The van der Waals surface area contributed by atoms with Crippen molar-refractivity contribution in [2.24, 2.45) is 17.6 Å². The molecular formula is C17H31N5O2. The molecule has 3 aliphatic rings. The molecule has 2 saturated heterocycles. The van der Waals surface area contributed by atoms with Gasteiger partial charge in [-0.1, -0.05) is 0 Å². The molecule has 0 bridgehead atoms. The lowest BCUT2D eigenvalue weighted by molar-refractivity contribution is -0.131. The van der Waals surface area contributed by atoms with Gasteiger partial charge in [0.2, 0.25) is 5.91 Å². The van der Waals surface area contributed by atoms with Crippen LogP contribution in [0, 0.1) is 11.8 Å². The fraction of sp³-hybridized carbons (Fsp3) is 0.882. The topological polar surface area (TPSA) is 90.7 Å². The van der Waals surface area contributed by atoms with Crippen LogP contribution in [-0.2, 0) is 4.79 Å². The van der Waals surface area contributed by atoms with Crippen LogP contribution >= 0.6 is 0 Å². The van der Waals surface area contributed by atoms with Crippen LogP contribution in [0.15, 0.2) is 0 Å². The Morgan fingerprint density at radius 2 is 1.88 bits per heavy atom. The Hall–Kier alpha value is -1.34. The van der Waals surface area contributed by atoms with Crippen LogP contribution in [0.5, 0.6) is 0 Å². The molecule has 24 heavy (non-hydrogen) atoms. The molecule has 0 aromatic rings. The van der Waals surface area contributed by atoms with Gasteiger partial charge in [-0.05, 0) is 51.4 Å². The second-order valence-electron chi connectivity index (χ2n) is 7.88. The number of hydrogen-bond acceptors (Lipinski definition) is 4. The highest BCUT2D eigenvalue weighted by Gasteiger charge is 2.42. The van der Waals surface area contributed by atoms with Gasteiger partial charge in [0.15, 0.2) is 0 Å². The van der Waals surface area contributed by atoms with Gasteiger partial charge in [0, 0.05) is 31.7 Å². The van der Waals surface area contributed by atoms with Crippen molar-refractivity contribution in [1.82, 2.24) is 20.4 Å². The molecule has 3 rings (SSSR count). The van der Waals surface area contributed by atoms with Crippen LogP contribution < -0.4 is 16.4 Å². The summed E-state index contributed by atoms with van der Waals surface area (Å²) in [5.74, 6) is 1.24. The lowest BCUT2D eigenvalue weighted by Crippen LogP contribution is -2.46. The lowest BCUT2D eigenvalue weighted by Gasteiger charge is -2.24. The van der Waals surface area contributed by atoms with Gasteiger partial charge in [-0.2, -0.15) is 0 Å². The number of rotatable bonds is 4. The van der Waals surface area contributed by atoms with E-state index in [0.717, 1.165) is 45.3 Å². The highest BCUT2D eigenvalue weighted by molar-refractivity contribution is 5.78. The number of nitrogens with two attached hydrogens (primary N) is 1. The minimum Gasteiger partial charge on any atom is -0.336 e.